The number of halogens is 1. The number of nitrogens with one attached hydrogen (secondary N) is 1. The van der Waals surface area contributed by atoms with Gasteiger partial charge in [0.25, 0.3) is 0 Å². The van der Waals surface area contributed by atoms with Crippen molar-refractivity contribution in [3.05, 3.63) is 59.0 Å². The van der Waals surface area contributed by atoms with Gasteiger partial charge in [-0.15, -0.1) is 11.3 Å². The molecule has 120 valence electrons. The SMILES string of the molecule is COc1ccc(-c2nc(Nc3ccc(C)cc3)sc2C)cc1.[Br-]. The summed E-state index contributed by atoms with van der Waals surface area (Å²) in [4.78, 5) is 5.91. The van der Waals surface area contributed by atoms with Gasteiger partial charge in [-0.3, -0.25) is 0 Å². The second-order valence-corrected chi connectivity index (χ2v) is 6.35. The first kappa shape index (κ1) is 17.5. The van der Waals surface area contributed by atoms with E-state index in [4.69, 9.17) is 9.72 Å². The molecule has 23 heavy (non-hydrogen) atoms. The fourth-order valence-corrected chi connectivity index (χ4v) is 3.08. The van der Waals surface area contributed by atoms with Crippen LogP contribution in [0.3, 0.4) is 0 Å². The minimum atomic E-state index is 0. The fraction of sp³-hybridized carbons (Fsp3) is 0.167. The van der Waals surface area contributed by atoms with E-state index in [1.807, 2.05) is 24.3 Å². The number of benzene rings is 2. The number of thiazole rings is 1. The first-order valence-corrected chi connectivity index (χ1v) is 7.93. The van der Waals surface area contributed by atoms with E-state index < -0.39 is 0 Å². The molecule has 0 aliphatic rings. The van der Waals surface area contributed by atoms with E-state index in [-0.39, 0.29) is 17.0 Å². The topological polar surface area (TPSA) is 34.1 Å². The van der Waals surface area contributed by atoms with Crippen LogP contribution in [0.2, 0.25) is 0 Å². The minimum Gasteiger partial charge on any atom is -1.00 e. The summed E-state index contributed by atoms with van der Waals surface area (Å²) >= 11 is 1.66. The van der Waals surface area contributed by atoms with Crippen LogP contribution in [0.4, 0.5) is 10.8 Å². The number of anilines is 2. The first-order chi connectivity index (χ1) is 10.7. The summed E-state index contributed by atoms with van der Waals surface area (Å²) in [6.45, 7) is 4.18. The Bertz CT molecular complexity index is 767. The van der Waals surface area contributed by atoms with E-state index in [0.29, 0.717) is 0 Å². The number of methoxy groups -OCH3 is 1. The van der Waals surface area contributed by atoms with E-state index in [9.17, 15) is 0 Å². The van der Waals surface area contributed by atoms with Crippen molar-refractivity contribution in [3.8, 4) is 17.0 Å². The molecule has 0 saturated heterocycles. The summed E-state index contributed by atoms with van der Waals surface area (Å²) in [5, 5.41) is 4.28. The number of hydrogen-bond acceptors (Lipinski definition) is 4. The lowest BCUT2D eigenvalue weighted by molar-refractivity contribution is -0.00000479. The lowest BCUT2D eigenvalue weighted by Gasteiger charge is -2.03. The van der Waals surface area contributed by atoms with Gasteiger partial charge in [0.15, 0.2) is 5.13 Å². The predicted octanol–water partition coefficient (Wildman–Crippen LogP) is 2.18. The van der Waals surface area contributed by atoms with Crippen molar-refractivity contribution in [1.29, 1.82) is 0 Å². The van der Waals surface area contributed by atoms with Gasteiger partial charge in [0, 0.05) is 16.1 Å². The van der Waals surface area contributed by atoms with Crippen LogP contribution in [0, 0.1) is 13.8 Å². The Morgan fingerprint density at radius 2 is 1.61 bits per heavy atom. The number of aryl methyl sites for hydroxylation is 2. The standard InChI is InChI=1S/C18H18N2OS.BrH/c1-12-4-8-15(9-5-12)19-18-20-17(13(2)22-18)14-6-10-16(21-3)11-7-14;/h4-11H,1-3H3,(H,19,20);1H/p-1. The Kier molecular flexibility index (Phi) is 5.80. The quantitative estimate of drug-likeness (QED) is 0.742. The average molecular weight is 390 g/mol. The zero-order valence-corrected chi connectivity index (χ0v) is 15.7. The molecule has 0 saturated carbocycles. The number of ether oxygens (including phenoxy) is 1. The van der Waals surface area contributed by atoms with Gasteiger partial charge in [0.05, 0.1) is 12.8 Å². The Hall–Kier alpha value is -1.85. The van der Waals surface area contributed by atoms with Crippen LogP contribution in [-0.2, 0) is 0 Å². The molecule has 0 amide bonds. The molecule has 0 spiro atoms. The largest absolute Gasteiger partial charge is 1.00 e. The Morgan fingerprint density at radius 3 is 2.22 bits per heavy atom. The predicted molar refractivity (Wildman–Crippen MR) is 93.3 cm³/mol. The van der Waals surface area contributed by atoms with E-state index >= 15 is 0 Å². The molecule has 0 aliphatic carbocycles. The summed E-state index contributed by atoms with van der Waals surface area (Å²) in [6.07, 6.45) is 0. The van der Waals surface area contributed by atoms with Crippen molar-refractivity contribution in [1.82, 2.24) is 4.98 Å². The third kappa shape index (κ3) is 4.12. The van der Waals surface area contributed by atoms with Gasteiger partial charge in [0.2, 0.25) is 0 Å². The molecule has 0 unspecified atom stereocenters. The monoisotopic (exact) mass is 389 g/mol. The molecule has 0 fully saturated rings. The van der Waals surface area contributed by atoms with Gasteiger partial charge in [-0.05, 0) is 50.2 Å². The number of hydrogen-bond donors (Lipinski definition) is 1. The second kappa shape index (κ2) is 7.62. The Balaban J connectivity index is 0.00000192. The maximum atomic E-state index is 5.20. The van der Waals surface area contributed by atoms with Gasteiger partial charge < -0.3 is 27.0 Å². The maximum Gasteiger partial charge on any atom is 0.187 e. The molecule has 1 heterocycles. The average Bonchev–Trinajstić information content (AvgIpc) is 2.90. The fourth-order valence-electron chi connectivity index (χ4n) is 2.23. The molecule has 3 nitrogen and oxygen atoms in total. The van der Waals surface area contributed by atoms with Crippen LogP contribution in [0.5, 0.6) is 5.75 Å². The third-order valence-electron chi connectivity index (χ3n) is 3.46. The van der Waals surface area contributed by atoms with E-state index in [1.54, 1.807) is 18.4 Å². The molecule has 0 aliphatic heterocycles. The number of nitrogens with zero attached hydrogens (tertiary/aromatic N) is 1. The highest BCUT2D eigenvalue weighted by atomic mass is 79.9. The lowest BCUT2D eigenvalue weighted by Crippen LogP contribution is -3.00. The zero-order valence-electron chi connectivity index (χ0n) is 13.3. The summed E-state index contributed by atoms with van der Waals surface area (Å²) in [5.74, 6) is 0.856. The first-order valence-electron chi connectivity index (χ1n) is 7.11. The van der Waals surface area contributed by atoms with Gasteiger partial charge in [-0.25, -0.2) is 4.98 Å². The molecular weight excluding hydrogens is 372 g/mol. The van der Waals surface area contributed by atoms with Crippen molar-refractivity contribution >= 4 is 22.2 Å². The summed E-state index contributed by atoms with van der Waals surface area (Å²) in [5.41, 5.74) is 4.43. The second-order valence-electron chi connectivity index (χ2n) is 5.14. The zero-order chi connectivity index (χ0) is 15.5. The van der Waals surface area contributed by atoms with Crippen molar-refractivity contribution in [3.63, 3.8) is 0 Å². The molecule has 0 bridgehead atoms. The van der Waals surface area contributed by atoms with Crippen LogP contribution in [0.25, 0.3) is 11.3 Å². The smallest absolute Gasteiger partial charge is 0.187 e. The van der Waals surface area contributed by atoms with Gasteiger partial charge in [-0.2, -0.15) is 0 Å². The van der Waals surface area contributed by atoms with Crippen molar-refractivity contribution < 1.29 is 21.7 Å². The van der Waals surface area contributed by atoms with E-state index in [0.717, 1.165) is 27.8 Å². The molecule has 1 N–H and O–H groups in total. The normalized spacial score (nSPS) is 10.0. The molecule has 1 aromatic heterocycles. The Morgan fingerprint density at radius 1 is 0.957 bits per heavy atom. The number of aromatic nitrogens is 1. The van der Waals surface area contributed by atoms with Crippen LogP contribution in [0.1, 0.15) is 10.4 Å². The highest BCUT2D eigenvalue weighted by molar-refractivity contribution is 7.16. The molecule has 0 atom stereocenters. The van der Waals surface area contributed by atoms with Crippen LogP contribution in [0.15, 0.2) is 48.5 Å². The third-order valence-corrected chi connectivity index (χ3v) is 4.35. The lowest BCUT2D eigenvalue weighted by atomic mass is 10.1. The van der Waals surface area contributed by atoms with Crippen LogP contribution < -0.4 is 27.0 Å². The van der Waals surface area contributed by atoms with E-state index in [1.165, 1.54) is 10.4 Å². The van der Waals surface area contributed by atoms with Crippen LogP contribution >= 0.6 is 11.3 Å². The molecule has 3 aromatic rings. The van der Waals surface area contributed by atoms with Crippen molar-refractivity contribution in [2.24, 2.45) is 0 Å². The molecule has 5 heteroatoms. The summed E-state index contributed by atoms with van der Waals surface area (Å²) < 4.78 is 5.20. The number of rotatable bonds is 4. The van der Waals surface area contributed by atoms with Gasteiger partial charge in [-0.1, -0.05) is 17.7 Å². The van der Waals surface area contributed by atoms with Crippen molar-refractivity contribution in [2.75, 3.05) is 12.4 Å². The summed E-state index contributed by atoms with van der Waals surface area (Å²) in [7, 11) is 1.67. The highest BCUT2D eigenvalue weighted by Gasteiger charge is 2.10. The van der Waals surface area contributed by atoms with Crippen LogP contribution in [-0.4, -0.2) is 12.1 Å². The minimum absolute atomic E-state index is 0. The van der Waals surface area contributed by atoms with Crippen molar-refractivity contribution in [2.45, 2.75) is 13.8 Å². The molecule has 3 rings (SSSR count). The molecule has 2 aromatic carbocycles. The highest BCUT2D eigenvalue weighted by Crippen LogP contribution is 2.32. The summed E-state index contributed by atoms with van der Waals surface area (Å²) in [6, 6.07) is 16.3. The van der Waals surface area contributed by atoms with E-state index in [2.05, 4.69) is 43.4 Å². The van der Waals surface area contributed by atoms with Gasteiger partial charge >= 0.3 is 0 Å². The van der Waals surface area contributed by atoms with Gasteiger partial charge in [0.1, 0.15) is 5.75 Å². The molecule has 0 radical (unpaired) electrons. The maximum absolute atomic E-state index is 5.20. The Labute approximate surface area is 151 Å². The molecular formula is C18H18BrN2OS-.